The topological polar surface area (TPSA) is 34.0 Å². The molecule has 0 aliphatic heterocycles. The molecule has 1 rings (SSSR count). The minimum Gasteiger partial charge on any atom is -0.314 e. The van der Waals surface area contributed by atoms with E-state index >= 15 is 0 Å². The summed E-state index contributed by atoms with van der Waals surface area (Å²) in [5, 5.41) is 3.34. The highest BCUT2D eigenvalue weighted by atomic mass is 16.1. The molecule has 0 aromatic carbocycles. The molecule has 0 bridgehead atoms. The Labute approximate surface area is 91.1 Å². The number of aromatic nitrogens is 1. The van der Waals surface area contributed by atoms with E-state index in [1.807, 2.05) is 12.3 Å². The van der Waals surface area contributed by atoms with Gasteiger partial charge in [0.15, 0.2) is 0 Å². The second-order valence-corrected chi connectivity index (χ2v) is 4.97. The maximum Gasteiger partial charge on any atom is 0.250 e. The van der Waals surface area contributed by atoms with Crippen molar-refractivity contribution in [1.82, 2.24) is 9.88 Å². The summed E-state index contributed by atoms with van der Waals surface area (Å²) in [4.78, 5) is 11.3. The SMILES string of the molecule is CC(C)(C)CNCCn1ccccc1=O. The summed E-state index contributed by atoms with van der Waals surface area (Å²) in [5.41, 5.74) is 0.358. The van der Waals surface area contributed by atoms with Crippen molar-refractivity contribution in [2.75, 3.05) is 13.1 Å². The van der Waals surface area contributed by atoms with Crippen molar-refractivity contribution >= 4 is 0 Å². The van der Waals surface area contributed by atoms with Crippen LogP contribution in [0, 0.1) is 5.41 Å². The molecule has 0 radical (unpaired) electrons. The van der Waals surface area contributed by atoms with Gasteiger partial charge >= 0.3 is 0 Å². The zero-order valence-electron chi connectivity index (χ0n) is 9.79. The van der Waals surface area contributed by atoms with Crippen molar-refractivity contribution in [3.8, 4) is 0 Å². The van der Waals surface area contributed by atoms with E-state index in [2.05, 4.69) is 26.1 Å². The van der Waals surface area contributed by atoms with Gasteiger partial charge in [0.05, 0.1) is 0 Å². The van der Waals surface area contributed by atoms with Crippen LogP contribution in [0.4, 0.5) is 0 Å². The Morgan fingerprint density at radius 3 is 2.67 bits per heavy atom. The van der Waals surface area contributed by atoms with E-state index in [9.17, 15) is 4.79 Å². The smallest absolute Gasteiger partial charge is 0.250 e. The van der Waals surface area contributed by atoms with Gasteiger partial charge in [0.25, 0.3) is 5.56 Å². The predicted molar refractivity (Wildman–Crippen MR) is 63.0 cm³/mol. The molecule has 15 heavy (non-hydrogen) atoms. The molecule has 0 atom stereocenters. The molecular weight excluding hydrogens is 188 g/mol. The van der Waals surface area contributed by atoms with Crippen molar-refractivity contribution < 1.29 is 0 Å². The maximum absolute atomic E-state index is 11.3. The first kappa shape index (κ1) is 12.0. The van der Waals surface area contributed by atoms with E-state index in [0.717, 1.165) is 19.6 Å². The molecule has 1 N–H and O–H groups in total. The van der Waals surface area contributed by atoms with Gasteiger partial charge in [-0.1, -0.05) is 26.8 Å². The zero-order chi connectivity index (χ0) is 11.3. The van der Waals surface area contributed by atoms with Gasteiger partial charge in [-0.05, 0) is 11.5 Å². The molecular formula is C12H20N2O. The van der Waals surface area contributed by atoms with Crippen LogP contribution in [0.25, 0.3) is 0 Å². The zero-order valence-corrected chi connectivity index (χ0v) is 9.79. The third-order valence-corrected chi connectivity index (χ3v) is 2.08. The monoisotopic (exact) mass is 208 g/mol. The fraction of sp³-hybridized carbons (Fsp3) is 0.583. The van der Waals surface area contributed by atoms with Crippen LogP contribution in [0.3, 0.4) is 0 Å². The molecule has 0 unspecified atom stereocenters. The highest BCUT2D eigenvalue weighted by Crippen LogP contribution is 2.09. The van der Waals surface area contributed by atoms with Crippen molar-refractivity contribution in [3.63, 3.8) is 0 Å². The number of hydrogen-bond acceptors (Lipinski definition) is 2. The lowest BCUT2D eigenvalue weighted by Crippen LogP contribution is -2.31. The van der Waals surface area contributed by atoms with E-state index in [4.69, 9.17) is 0 Å². The van der Waals surface area contributed by atoms with Crippen LogP contribution < -0.4 is 10.9 Å². The Hall–Kier alpha value is -1.09. The summed E-state index contributed by atoms with van der Waals surface area (Å²) in [6.45, 7) is 9.10. The van der Waals surface area contributed by atoms with Gasteiger partial charge < -0.3 is 9.88 Å². The Morgan fingerprint density at radius 1 is 1.33 bits per heavy atom. The molecule has 0 saturated heterocycles. The number of pyridine rings is 1. The summed E-state index contributed by atoms with van der Waals surface area (Å²) in [6, 6.07) is 5.23. The molecule has 1 heterocycles. The van der Waals surface area contributed by atoms with E-state index in [-0.39, 0.29) is 5.56 Å². The Bertz CT molecular complexity index is 349. The highest BCUT2D eigenvalue weighted by Gasteiger charge is 2.08. The number of rotatable bonds is 4. The summed E-state index contributed by atoms with van der Waals surface area (Å²) >= 11 is 0. The normalized spacial score (nSPS) is 11.7. The van der Waals surface area contributed by atoms with Crippen molar-refractivity contribution in [3.05, 3.63) is 34.7 Å². The van der Waals surface area contributed by atoms with E-state index in [1.165, 1.54) is 0 Å². The second-order valence-electron chi connectivity index (χ2n) is 4.97. The van der Waals surface area contributed by atoms with Crippen LogP contribution in [0.15, 0.2) is 29.2 Å². The third kappa shape index (κ3) is 4.79. The average Bonchev–Trinajstić information content (AvgIpc) is 2.13. The standard InChI is InChI=1S/C12H20N2O/c1-12(2,3)10-13-7-9-14-8-5-4-6-11(14)15/h4-6,8,13H,7,9-10H2,1-3H3. The lowest BCUT2D eigenvalue weighted by molar-refractivity contribution is 0.375. The minimum absolute atomic E-state index is 0.0649. The Morgan fingerprint density at radius 2 is 2.07 bits per heavy atom. The van der Waals surface area contributed by atoms with Gasteiger partial charge in [-0.15, -0.1) is 0 Å². The van der Waals surface area contributed by atoms with Gasteiger partial charge in [-0.2, -0.15) is 0 Å². The molecule has 1 aromatic heterocycles. The van der Waals surface area contributed by atoms with Gasteiger partial charge in [0.1, 0.15) is 0 Å². The van der Waals surface area contributed by atoms with E-state index < -0.39 is 0 Å². The van der Waals surface area contributed by atoms with Crippen LogP contribution in [-0.2, 0) is 6.54 Å². The first-order valence-corrected chi connectivity index (χ1v) is 5.35. The Balaban J connectivity index is 2.33. The largest absolute Gasteiger partial charge is 0.314 e. The molecule has 3 nitrogen and oxygen atoms in total. The quantitative estimate of drug-likeness (QED) is 0.761. The average molecular weight is 208 g/mol. The second kappa shape index (κ2) is 5.12. The van der Waals surface area contributed by atoms with E-state index in [1.54, 1.807) is 16.7 Å². The maximum atomic E-state index is 11.3. The minimum atomic E-state index is 0.0649. The van der Waals surface area contributed by atoms with Crippen molar-refractivity contribution in [2.45, 2.75) is 27.3 Å². The summed E-state index contributed by atoms with van der Waals surface area (Å²) in [6.07, 6.45) is 1.82. The first-order valence-electron chi connectivity index (χ1n) is 5.35. The van der Waals surface area contributed by atoms with Crippen LogP contribution >= 0.6 is 0 Å². The van der Waals surface area contributed by atoms with Crippen LogP contribution in [0.5, 0.6) is 0 Å². The fourth-order valence-corrected chi connectivity index (χ4v) is 1.31. The molecule has 84 valence electrons. The summed E-state index contributed by atoms with van der Waals surface area (Å²) in [5.74, 6) is 0. The molecule has 0 fully saturated rings. The molecule has 0 saturated carbocycles. The lowest BCUT2D eigenvalue weighted by Gasteiger charge is -2.18. The lowest BCUT2D eigenvalue weighted by atomic mass is 9.97. The van der Waals surface area contributed by atoms with Crippen LogP contribution in [0.2, 0.25) is 0 Å². The number of nitrogens with one attached hydrogen (secondary N) is 1. The van der Waals surface area contributed by atoms with Crippen molar-refractivity contribution in [1.29, 1.82) is 0 Å². The summed E-state index contributed by atoms with van der Waals surface area (Å²) in [7, 11) is 0. The van der Waals surface area contributed by atoms with E-state index in [0.29, 0.717) is 5.41 Å². The van der Waals surface area contributed by atoms with Gasteiger partial charge in [0.2, 0.25) is 0 Å². The molecule has 0 amide bonds. The van der Waals surface area contributed by atoms with Crippen LogP contribution in [-0.4, -0.2) is 17.7 Å². The number of nitrogens with zero attached hydrogens (tertiary/aromatic N) is 1. The third-order valence-electron chi connectivity index (χ3n) is 2.08. The molecule has 0 aliphatic carbocycles. The molecule has 3 heteroatoms. The van der Waals surface area contributed by atoms with Gasteiger partial charge in [0, 0.05) is 31.9 Å². The fourth-order valence-electron chi connectivity index (χ4n) is 1.31. The van der Waals surface area contributed by atoms with Crippen LogP contribution in [0.1, 0.15) is 20.8 Å². The summed E-state index contributed by atoms with van der Waals surface area (Å²) < 4.78 is 1.72. The van der Waals surface area contributed by atoms with Gasteiger partial charge in [-0.25, -0.2) is 0 Å². The Kier molecular flexibility index (Phi) is 4.09. The molecule has 0 spiro atoms. The van der Waals surface area contributed by atoms with Crippen molar-refractivity contribution in [2.24, 2.45) is 5.41 Å². The molecule has 0 aliphatic rings. The first-order chi connectivity index (χ1) is 6.99. The van der Waals surface area contributed by atoms with Gasteiger partial charge in [-0.3, -0.25) is 4.79 Å². The molecule has 1 aromatic rings. The highest BCUT2D eigenvalue weighted by molar-refractivity contribution is 4.93. The number of hydrogen-bond donors (Lipinski definition) is 1. The predicted octanol–water partition coefficient (Wildman–Crippen LogP) is 1.48.